The van der Waals surface area contributed by atoms with Gasteiger partial charge in [-0.2, -0.15) is 18.4 Å². The average Bonchev–Trinajstić information content (AvgIpc) is 1.90. The van der Waals surface area contributed by atoms with E-state index >= 15 is 13.2 Å². The topological polar surface area (TPSA) is 33.6 Å². The molecule has 13 aromatic rings. The second-order valence-corrected chi connectivity index (χ2v) is 23.4. The van der Waals surface area contributed by atoms with Gasteiger partial charge in [-0.3, -0.25) is 0 Å². The number of nitrogens with zero attached hydrogens (tertiary/aromatic N) is 3. The fraction of sp³-hybridized carbons (Fsp3) is 0.141. The molecule has 410 valence electrons. The first-order valence-electron chi connectivity index (χ1n) is 28.7. The van der Waals surface area contributed by atoms with Crippen LogP contribution >= 0.6 is 0 Å². The Labute approximate surface area is 489 Å². The van der Waals surface area contributed by atoms with Crippen LogP contribution in [0.2, 0.25) is 0 Å². The van der Waals surface area contributed by atoms with Crippen molar-refractivity contribution in [1.29, 1.82) is 5.26 Å². The number of aromatic nitrogens is 2. The minimum absolute atomic E-state index is 0.122. The van der Waals surface area contributed by atoms with Gasteiger partial charge < -0.3 is 9.13 Å². The average molecular weight is 1100 g/mol. The number of fused-ring (bicyclic) bond motifs is 6. The summed E-state index contributed by atoms with van der Waals surface area (Å²) in [5.74, 6) is 0. The number of alkyl halides is 3. The van der Waals surface area contributed by atoms with Crippen molar-refractivity contribution in [1.82, 2.24) is 9.13 Å². The fourth-order valence-electron chi connectivity index (χ4n) is 13.7. The van der Waals surface area contributed by atoms with Gasteiger partial charge >= 0.3 is 6.18 Å². The highest BCUT2D eigenvalue weighted by atomic mass is 19.4. The molecule has 0 radical (unpaired) electrons. The van der Waals surface area contributed by atoms with Gasteiger partial charge in [0, 0.05) is 32.7 Å². The summed E-state index contributed by atoms with van der Waals surface area (Å²) in [5.41, 5.74) is 27.1. The molecule has 0 N–H and O–H groups in total. The van der Waals surface area contributed by atoms with Crippen LogP contribution in [-0.4, -0.2) is 9.13 Å². The molecule has 0 aliphatic carbocycles. The summed E-state index contributed by atoms with van der Waals surface area (Å²) in [7, 11) is 0. The molecular weight excluding hydrogens is 1040 g/mol. The van der Waals surface area contributed by atoms with Gasteiger partial charge in [-0.05, 0) is 237 Å². The molecule has 2 heterocycles. The molecule has 0 spiro atoms. The van der Waals surface area contributed by atoms with Crippen molar-refractivity contribution in [3.8, 4) is 84.2 Å². The van der Waals surface area contributed by atoms with Gasteiger partial charge in [0.25, 0.3) is 0 Å². The predicted octanol–water partition coefficient (Wildman–Crippen LogP) is 21.9. The lowest BCUT2D eigenvalue weighted by Crippen LogP contribution is -2.08. The Bertz CT molecular complexity index is 4820. The molecular formula is C78H62F3N3. The largest absolute Gasteiger partial charge is 0.417 e. The summed E-state index contributed by atoms with van der Waals surface area (Å²) in [6, 6.07) is 69.2. The third-order valence-corrected chi connectivity index (χ3v) is 17.3. The molecule has 0 saturated carbocycles. The van der Waals surface area contributed by atoms with Gasteiger partial charge in [0.05, 0.1) is 50.6 Å². The first kappa shape index (κ1) is 53.6. The smallest absolute Gasteiger partial charge is 0.309 e. The Morgan fingerprint density at radius 2 is 0.726 bits per heavy atom. The minimum Gasteiger partial charge on any atom is -0.309 e. The van der Waals surface area contributed by atoms with E-state index < -0.39 is 11.7 Å². The van der Waals surface area contributed by atoms with Crippen LogP contribution < -0.4 is 0 Å². The second kappa shape index (κ2) is 20.3. The molecule has 0 aliphatic rings. The molecule has 0 amide bonds. The van der Waals surface area contributed by atoms with Crippen LogP contribution in [0.4, 0.5) is 13.2 Å². The highest BCUT2D eigenvalue weighted by Crippen LogP contribution is 2.47. The minimum atomic E-state index is -4.62. The molecule has 6 heteroatoms. The first-order chi connectivity index (χ1) is 40.3. The van der Waals surface area contributed by atoms with E-state index in [0.717, 1.165) is 99.5 Å². The van der Waals surface area contributed by atoms with Gasteiger partial charge in [-0.25, -0.2) is 0 Å². The Balaban J connectivity index is 1.14. The van der Waals surface area contributed by atoms with Crippen LogP contribution in [0.1, 0.15) is 66.8 Å². The third kappa shape index (κ3) is 9.07. The maximum atomic E-state index is 15.4. The Hall–Kier alpha value is -9.70. The van der Waals surface area contributed by atoms with Gasteiger partial charge in [0.15, 0.2) is 0 Å². The maximum Gasteiger partial charge on any atom is 0.417 e. The summed E-state index contributed by atoms with van der Waals surface area (Å²) in [5, 5.41) is 15.0. The van der Waals surface area contributed by atoms with Gasteiger partial charge in [0.1, 0.15) is 0 Å². The van der Waals surface area contributed by atoms with E-state index in [0.29, 0.717) is 22.3 Å². The van der Waals surface area contributed by atoms with Crippen LogP contribution in [0, 0.1) is 80.6 Å². The lowest BCUT2D eigenvalue weighted by atomic mass is 9.90. The lowest BCUT2D eigenvalue weighted by Gasteiger charge is -2.22. The highest BCUT2D eigenvalue weighted by molar-refractivity contribution is 6.14. The highest BCUT2D eigenvalue weighted by Gasteiger charge is 2.35. The van der Waals surface area contributed by atoms with E-state index in [4.69, 9.17) is 0 Å². The molecule has 0 bridgehead atoms. The van der Waals surface area contributed by atoms with Crippen molar-refractivity contribution < 1.29 is 13.2 Å². The molecule has 0 aliphatic heterocycles. The van der Waals surface area contributed by atoms with E-state index in [1.165, 1.54) is 67.8 Å². The molecule has 0 fully saturated rings. The van der Waals surface area contributed by atoms with Crippen molar-refractivity contribution in [2.45, 2.75) is 75.4 Å². The SMILES string of the molecule is Cc1ccc(-c2ccc3c(c2)c2cc(-c4ccc(C)cc4C)ccc2n3-c2ccc(-c3c(C)cccc3C(F)(F)F)cc2-c2ccc(C#N)cc2-n2c3ccc(-c4ccc(C)cc4C)cc3c3cc(-c4c(C)cc(C)cc4C)ccc32)c(C)c1. The monoisotopic (exact) mass is 1100 g/mol. The molecule has 11 aromatic carbocycles. The normalized spacial score (nSPS) is 11.9. The standard InChI is InChI=1S/C78H62F3N3/c1-44-14-23-60(49(6)32-44)55-18-27-71-65(38-55)66-39-56(61-24-15-45(2)33-50(61)7)19-28-72(66)83(71)70-31-22-59(77-48(5)12-11-13-69(77)78(79,80)81)42-64(70)63-26-17-54(43-82)37-75(63)84-73-29-20-57(62-25-16-46(3)34-51(62)8)40-67(73)68-41-58(21-30-74(68)84)76-52(9)35-47(4)36-53(76)10/h11-42H,1-10H3. The summed E-state index contributed by atoms with van der Waals surface area (Å²) in [4.78, 5) is 0. The molecule has 2 aromatic heterocycles. The van der Waals surface area contributed by atoms with Gasteiger partial charge in [-0.1, -0.05) is 138 Å². The molecule has 84 heavy (non-hydrogen) atoms. The van der Waals surface area contributed by atoms with Crippen molar-refractivity contribution >= 4 is 43.6 Å². The van der Waals surface area contributed by atoms with Crippen molar-refractivity contribution in [3.05, 3.63) is 261 Å². The van der Waals surface area contributed by atoms with Gasteiger partial charge in [-0.15, -0.1) is 0 Å². The number of hydrogen-bond donors (Lipinski definition) is 0. The summed E-state index contributed by atoms with van der Waals surface area (Å²) >= 11 is 0. The zero-order valence-corrected chi connectivity index (χ0v) is 49.0. The van der Waals surface area contributed by atoms with E-state index in [2.05, 4.69) is 217 Å². The van der Waals surface area contributed by atoms with Crippen molar-refractivity contribution in [2.24, 2.45) is 0 Å². The number of nitriles is 1. The molecule has 0 atom stereocenters. The summed E-state index contributed by atoms with van der Waals surface area (Å²) in [6.45, 7) is 21.0. The number of benzene rings is 11. The number of hydrogen-bond acceptors (Lipinski definition) is 1. The van der Waals surface area contributed by atoms with Crippen LogP contribution in [0.15, 0.2) is 194 Å². The Morgan fingerprint density at radius 1 is 0.321 bits per heavy atom. The molecule has 13 rings (SSSR count). The zero-order chi connectivity index (χ0) is 58.6. The van der Waals surface area contributed by atoms with E-state index in [9.17, 15) is 5.26 Å². The summed E-state index contributed by atoms with van der Waals surface area (Å²) < 4.78 is 50.6. The lowest BCUT2D eigenvalue weighted by molar-refractivity contribution is -0.137. The van der Waals surface area contributed by atoms with Crippen molar-refractivity contribution in [3.63, 3.8) is 0 Å². The Morgan fingerprint density at radius 3 is 1.18 bits per heavy atom. The fourth-order valence-corrected chi connectivity index (χ4v) is 13.7. The van der Waals surface area contributed by atoms with Crippen LogP contribution in [0.5, 0.6) is 0 Å². The van der Waals surface area contributed by atoms with Gasteiger partial charge in [0.2, 0.25) is 0 Å². The maximum absolute atomic E-state index is 15.4. The van der Waals surface area contributed by atoms with E-state index in [1.54, 1.807) is 13.0 Å². The Kier molecular flexibility index (Phi) is 13.0. The molecule has 3 nitrogen and oxygen atoms in total. The number of aryl methyl sites for hydroxylation is 10. The van der Waals surface area contributed by atoms with E-state index in [-0.39, 0.29) is 5.56 Å². The third-order valence-electron chi connectivity index (χ3n) is 17.3. The zero-order valence-electron chi connectivity index (χ0n) is 49.0. The van der Waals surface area contributed by atoms with Crippen LogP contribution in [-0.2, 0) is 6.18 Å². The van der Waals surface area contributed by atoms with Crippen molar-refractivity contribution in [2.75, 3.05) is 0 Å². The van der Waals surface area contributed by atoms with Crippen LogP contribution in [0.25, 0.3) is 122 Å². The quantitative estimate of drug-likeness (QED) is 0.149. The van der Waals surface area contributed by atoms with Crippen LogP contribution in [0.3, 0.4) is 0 Å². The first-order valence-corrected chi connectivity index (χ1v) is 28.7. The predicted molar refractivity (Wildman–Crippen MR) is 345 cm³/mol. The molecule has 0 saturated heterocycles. The number of rotatable bonds is 8. The molecule has 0 unspecified atom stereocenters. The van der Waals surface area contributed by atoms with E-state index in [1.807, 2.05) is 36.4 Å². The number of halogens is 3. The second-order valence-electron chi connectivity index (χ2n) is 23.4. The summed E-state index contributed by atoms with van der Waals surface area (Å²) in [6.07, 6.45) is -4.62.